The van der Waals surface area contributed by atoms with Gasteiger partial charge in [0.2, 0.25) is 5.88 Å². The molecule has 2 rings (SSSR count). The number of pyridine rings is 1. The average Bonchev–Trinajstić information content (AvgIpc) is 2.36. The number of hydrogen-bond donors (Lipinski definition) is 1. The van der Waals surface area contributed by atoms with Crippen LogP contribution >= 0.6 is 0 Å². The summed E-state index contributed by atoms with van der Waals surface area (Å²) in [5.74, 6) is 1.50. The average molecular weight is 242 g/mol. The van der Waals surface area contributed by atoms with Crippen LogP contribution in [0.2, 0.25) is 0 Å². The molecular formula is C15H18N2O. The number of benzene rings is 1. The molecule has 0 bridgehead atoms. The molecule has 1 aromatic heterocycles. The van der Waals surface area contributed by atoms with Gasteiger partial charge >= 0.3 is 0 Å². The first kappa shape index (κ1) is 12.6. The molecule has 0 aliphatic rings. The summed E-state index contributed by atoms with van der Waals surface area (Å²) < 4.78 is 5.84. The number of ether oxygens (including phenoxy) is 1. The van der Waals surface area contributed by atoms with Crippen LogP contribution in [0, 0.1) is 13.8 Å². The van der Waals surface area contributed by atoms with Crippen molar-refractivity contribution in [1.29, 1.82) is 0 Å². The summed E-state index contributed by atoms with van der Waals surface area (Å²) in [4.78, 5) is 4.24. The van der Waals surface area contributed by atoms with Crippen molar-refractivity contribution in [3.05, 3.63) is 53.2 Å². The predicted octanol–water partition coefficient (Wildman–Crippen LogP) is 3.21. The molecule has 1 aromatic carbocycles. The molecule has 0 saturated heterocycles. The van der Waals surface area contributed by atoms with Gasteiger partial charge in [-0.2, -0.15) is 0 Å². The Hall–Kier alpha value is -1.87. The molecule has 1 N–H and O–H groups in total. The maximum atomic E-state index is 5.84. The third kappa shape index (κ3) is 2.87. The van der Waals surface area contributed by atoms with E-state index < -0.39 is 0 Å². The van der Waals surface area contributed by atoms with E-state index in [0.29, 0.717) is 5.88 Å². The first-order valence-corrected chi connectivity index (χ1v) is 6.04. The van der Waals surface area contributed by atoms with Crippen LogP contribution in [0.5, 0.6) is 11.6 Å². The molecule has 0 saturated carbocycles. The summed E-state index contributed by atoms with van der Waals surface area (Å²) in [6.07, 6.45) is 1.77. The molecule has 3 nitrogen and oxygen atoms in total. The summed E-state index contributed by atoms with van der Waals surface area (Å²) in [5.41, 5.74) is 3.53. The van der Waals surface area contributed by atoms with Crippen molar-refractivity contribution in [2.45, 2.75) is 20.4 Å². The quantitative estimate of drug-likeness (QED) is 0.894. The topological polar surface area (TPSA) is 34.2 Å². The standard InChI is InChI=1S/C15H18N2O/c1-11-5-4-6-14(12(11)2)18-15-9-13(10-16-3)7-8-17-15/h4-9,16H,10H2,1-3H3. The van der Waals surface area contributed by atoms with Crippen molar-refractivity contribution in [2.75, 3.05) is 7.05 Å². The van der Waals surface area contributed by atoms with Crippen molar-refractivity contribution in [3.8, 4) is 11.6 Å². The van der Waals surface area contributed by atoms with Gasteiger partial charge in [-0.05, 0) is 49.7 Å². The molecule has 0 unspecified atom stereocenters. The Morgan fingerprint density at radius 1 is 1.22 bits per heavy atom. The Bertz CT molecular complexity index is 538. The van der Waals surface area contributed by atoms with E-state index in [1.807, 2.05) is 31.3 Å². The van der Waals surface area contributed by atoms with E-state index in [1.165, 1.54) is 5.56 Å². The highest BCUT2D eigenvalue weighted by Gasteiger charge is 2.04. The monoisotopic (exact) mass is 242 g/mol. The van der Waals surface area contributed by atoms with Gasteiger partial charge in [0.1, 0.15) is 5.75 Å². The lowest BCUT2D eigenvalue weighted by Gasteiger charge is -2.10. The van der Waals surface area contributed by atoms with Crippen LogP contribution in [0.1, 0.15) is 16.7 Å². The Morgan fingerprint density at radius 2 is 2.06 bits per heavy atom. The zero-order chi connectivity index (χ0) is 13.0. The molecule has 1 heterocycles. The smallest absolute Gasteiger partial charge is 0.219 e. The van der Waals surface area contributed by atoms with E-state index in [4.69, 9.17) is 4.74 Å². The molecule has 3 heteroatoms. The lowest BCUT2D eigenvalue weighted by atomic mass is 10.1. The van der Waals surface area contributed by atoms with Gasteiger partial charge in [-0.25, -0.2) is 4.98 Å². The van der Waals surface area contributed by atoms with E-state index in [9.17, 15) is 0 Å². The molecule has 2 aromatic rings. The zero-order valence-electron chi connectivity index (χ0n) is 11.0. The van der Waals surface area contributed by atoms with Gasteiger partial charge in [0.05, 0.1) is 0 Å². The SMILES string of the molecule is CNCc1ccnc(Oc2cccc(C)c2C)c1. The fourth-order valence-corrected chi connectivity index (χ4v) is 1.77. The predicted molar refractivity (Wildman–Crippen MR) is 73.0 cm³/mol. The highest BCUT2D eigenvalue weighted by atomic mass is 16.5. The fraction of sp³-hybridized carbons (Fsp3) is 0.267. The molecule has 0 amide bonds. The van der Waals surface area contributed by atoms with E-state index in [-0.39, 0.29) is 0 Å². The van der Waals surface area contributed by atoms with Gasteiger partial charge < -0.3 is 10.1 Å². The van der Waals surface area contributed by atoms with Crippen LogP contribution in [-0.4, -0.2) is 12.0 Å². The molecule has 0 fully saturated rings. The molecule has 18 heavy (non-hydrogen) atoms. The lowest BCUT2D eigenvalue weighted by molar-refractivity contribution is 0.458. The maximum Gasteiger partial charge on any atom is 0.219 e. The molecule has 0 aliphatic heterocycles. The van der Waals surface area contributed by atoms with Crippen LogP contribution in [0.3, 0.4) is 0 Å². The van der Waals surface area contributed by atoms with Gasteiger partial charge in [0, 0.05) is 18.8 Å². The minimum absolute atomic E-state index is 0.636. The second kappa shape index (κ2) is 5.65. The van der Waals surface area contributed by atoms with Crippen LogP contribution < -0.4 is 10.1 Å². The van der Waals surface area contributed by atoms with Crippen molar-refractivity contribution < 1.29 is 4.74 Å². The number of nitrogens with zero attached hydrogens (tertiary/aromatic N) is 1. The van der Waals surface area contributed by atoms with E-state index in [0.717, 1.165) is 23.4 Å². The van der Waals surface area contributed by atoms with Crippen molar-refractivity contribution in [1.82, 2.24) is 10.3 Å². The van der Waals surface area contributed by atoms with E-state index in [1.54, 1.807) is 6.20 Å². The number of nitrogens with one attached hydrogen (secondary N) is 1. The summed E-state index contributed by atoms with van der Waals surface area (Å²) in [5, 5.41) is 3.11. The summed E-state index contributed by atoms with van der Waals surface area (Å²) in [6.45, 7) is 4.95. The Morgan fingerprint density at radius 3 is 2.83 bits per heavy atom. The molecule has 0 aliphatic carbocycles. The van der Waals surface area contributed by atoms with E-state index in [2.05, 4.69) is 30.2 Å². The van der Waals surface area contributed by atoms with Crippen LogP contribution in [-0.2, 0) is 6.54 Å². The van der Waals surface area contributed by atoms with Crippen LogP contribution in [0.15, 0.2) is 36.5 Å². The second-order valence-electron chi connectivity index (χ2n) is 4.33. The van der Waals surface area contributed by atoms with Crippen LogP contribution in [0.25, 0.3) is 0 Å². The maximum absolute atomic E-state index is 5.84. The summed E-state index contributed by atoms with van der Waals surface area (Å²) in [6, 6.07) is 9.97. The number of aryl methyl sites for hydroxylation is 1. The van der Waals surface area contributed by atoms with Crippen molar-refractivity contribution in [2.24, 2.45) is 0 Å². The van der Waals surface area contributed by atoms with Gasteiger partial charge in [0.15, 0.2) is 0 Å². The number of rotatable bonds is 4. The minimum atomic E-state index is 0.636. The Balaban J connectivity index is 2.23. The summed E-state index contributed by atoms with van der Waals surface area (Å²) >= 11 is 0. The summed E-state index contributed by atoms with van der Waals surface area (Å²) in [7, 11) is 1.92. The molecular weight excluding hydrogens is 224 g/mol. The third-order valence-corrected chi connectivity index (χ3v) is 2.95. The largest absolute Gasteiger partial charge is 0.439 e. The molecule has 0 atom stereocenters. The van der Waals surface area contributed by atoms with Gasteiger partial charge in [-0.3, -0.25) is 0 Å². The van der Waals surface area contributed by atoms with Gasteiger partial charge in [0.25, 0.3) is 0 Å². The van der Waals surface area contributed by atoms with Crippen LogP contribution in [0.4, 0.5) is 0 Å². The second-order valence-corrected chi connectivity index (χ2v) is 4.33. The molecule has 0 radical (unpaired) electrons. The number of aromatic nitrogens is 1. The van der Waals surface area contributed by atoms with Crippen molar-refractivity contribution >= 4 is 0 Å². The first-order chi connectivity index (χ1) is 8.70. The minimum Gasteiger partial charge on any atom is -0.439 e. The Kier molecular flexibility index (Phi) is 3.95. The first-order valence-electron chi connectivity index (χ1n) is 6.04. The third-order valence-electron chi connectivity index (χ3n) is 2.95. The van der Waals surface area contributed by atoms with E-state index >= 15 is 0 Å². The zero-order valence-corrected chi connectivity index (χ0v) is 11.0. The molecule has 94 valence electrons. The highest BCUT2D eigenvalue weighted by molar-refractivity contribution is 5.40. The normalized spacial score (nSPS) is 10.4. The lowest BCUT2D eigenvalue weighted by Crippen LogP contribution is -2.05. The van der Waals surface area contributed by atoms with Gasteiger partial charge in [-0.15, -0.1) is 0 Å². The Labute approximate surface area is 108 Å². The number of hydrogen-bond acceptors (Lipinski definition) is 3. The fourth-order valence-electron chi connectivity index (χ4n) is 1.77. The highest BCUT2D eigenvalue weighted by Crippen LogP contribution is 2.25. The van der Waals surface area contributed by atoms with Crippen molar-refractivity contribution in [3.63, 3.8) is 0 Å². The molecule has 0 spiro atoms. The van der Waals surface area contributed by atoms with Gasteiger partial charge in [-0.1, -0.05) is 12.1 Å².